The molecule has 0 heterocycles. The molecule has 18 nitrogen and oxygen atoms in total. The first kappa shape index (κ1) is 92.2. The lowest BCUT2D eigenvalue weighted by atomic mass is 10.1. The Kier molecular flexibility index (Phi) is 31.1. The number of benzene rings is 12. The monoisotopic (exact) mass is 1690 g/mol. The largest absolute Gasteiger partial charge is 0.478 e. The van der Waals surface area contributed by atoms with E-state index in [0.717, 1.165) is 72.8 Å². The fourth-order valence-corrected chi connectivity index (χ4v) is 10.2. The summed E-state index contributed by atoms with van der Waals surface area (Å²) in [5.74, 6) is -6.92. The second-order valence-corrected chi connectivity index (χ2v) is 24.3. The van der Waals surface area contributed by atoms with E-state index in [4.69, 9.17) is 30.6 Å². The third-order valence-electron chi connectivity index (χ3n) is 15.8. The molecule has 0 saturated carbocycles. The SMILES string of the molecule is O=C(O)c1ccccc1Nc1cccc(C(F)(F)F)c1.O=C(O)c1ccccc1Nc1cccc(C(F)(F)F)c1.O=C(O)c1ccccc1Nc1cccc(C(F)(F)F)c1.O=C(O)c1ccccc1Nc1cccc(C(F)(F)F)c1.O=C(O)c1ccccc1Nc1cccc(C(F)(F)F)c1.O=C(O)c1ccccc1Nc1cccc(C(F)(F)F)c1. The van der Waals surface area contributed by atoms with Gasteiger partial charge in [-0.3, -0.25) is 0 Å². The Balaban J connectivity index is 0.000000198. The van der Waals surface area contributed by atoms with Crippen LogP contribution >= 0.6 is 0 Å². The Morgan fingerprint density at radius 1 is 0.175 bits per heavy atom. The van der Waals surface area contributed by atoms with Crippen LogP contribution in [-0.2, 0) is 37.1 Å². The van der Waals surface area contributed by atoms with Crippen molar-refractivity contribution < 1.29 is 138 Å². The Hall–Kier alpha value is -15.0. The predicted octanol–water partition coefficient (Wildman–Crippen LogP) is 24.9. The number of para-hydroxylation sites is 6. The maximum absolute atomic E-state index is 12.6. The molecule has 12 rings (SSSR count). The first-order valence-electron chi connectivity index (χ1n) is 33.9. The molecule has 0 amide bonds. The second kappa shape index (κ2) is 40.5. The third kappa shape index (κ3) is 28.2. The second-order valence-electron chi connectivity index (χ2n) is 24.3. The Morgan fingerprint density at radius 3 is 0.400 bits per heavy atom. The van der Waals surface area contributed by atoms with Gasteiger partial charge in [0.1, 0.15) is 0 Å². The topological polar surface area (TPSA) is 296 Å². The van der Waals surface area contributed by atoms with Gasteiger partial charge < -0.3 is 62.5 Å². The molecule has 0 aliphatic rings. The molecule has 0 radical (unpaired) electrons. The maximum atomic E-state index is 12.6. The number of carbonyl (C=O) groups is 6. The van der Waals surface area contributed by atoms with Gasteiger partial charge in [0.25, 0.3) is 0 Å². The molecule has 0 bridgehead atoms. The molecule has 624 valence electrons. The van der Waals surface area contributed by atoms with Crippen LogP contribution in [-0.4, -0.2) is 66.5 Å². The summed E-state index contributed by atoms with van der Waals surface area (Å²) < 4.78 is 227. The van der Waals surface area contributed by atoms with E-state index in [9.17, 15) is 108 Å². The highest BCUT2D eigenvalue weighted by atomic mass is 19.4. The Bertz CT molecular complexity index is 4710. The molecular formula is C84H60F18N6O12. The van der Waals surface area contributed by atoms with Gasteiger partial charge >= 0.3 is 72.9 Å². The van der Waals surface area contributed by atoms with Crippen molar-refractivity contribution >= 4 is 104 Å². The van der Waals surface area contributed by atoms with Crippen LogP contribution in [0.3, 0.4) is 0 Å². The molecule has 12 aromatic rings. The zero-order valence-corrected chi connectivity index (χ0v) is 60.6. The smallest absolute Gasteiger partial charge is 0.416 e. The van der Waals surface area contributed by atoms with Crippen LogP contribution in [0.4, 0.5) is 147 Å². The number of carboxylic acids is 6. The quantitative estimate of drug-likeness (QED) is 0.0355. The number of rotatable bonds is 18. The lowest BCUT2D eigenvalue weighted by molar-refractivity contribution is -0.138. The van der Waals surface area contributed by atoms with E-state index in [1.54, 1.807) is 72.8 Å². The zero-order valence-electron chi connectivity index (χ0n) is 60.6. The summed E-state index contributed by atoms with van der Waals surface area (Å²) in [6, 6.07) is 63.5. The summed E-state index contributed by atoms with van der Waals surface area (Å²) in [4.78, 5) is 66.1. The van der Waals surface area contributed by atoms with Gasteiger partial charge in [0.05, 0.1) is 101 Å². The highest BCUT2D eigenvalue weighted by molar-refractivity contribution is 5.99. The van der Waals surface area contributed by atoms with E-state index < -0.39 is 106 Å². The van der Waals surface area contributed by atoms with Crippen molar-refractivity contribution in [1.82, 2.24) is 0 Å². The molecule has 0 aromatic heterocycles. The number of anilines is 12. The molecule has 12 N–H and O–H groups in total. The van der Waals surface area contributed by atoms with Gasteiger partial charge in [-0.05, 0) is 182 Å². The lowest BCUT2D eigenvalue weighted by Gasteiger charge is -2.12. The van der Waals surface area contributed by atoms with Crippen LogP contribution in [0.2, 0.25) is 0 Å². The molecule has 0 unspecified atom stereocenters. The fraction of sp³-hybridized carbons (Fsp3) is 0.0714. The average molecular weight is 1690 g/mol. The van der Waals surface area contributed by atoms with Gasteiger partial charge in [0, 0.05) is 34.1 Å². The minimum Gasteiger partial charge on any atom is -0.478 e. The normalized spacial score (nSPS) is 11.2. The van der Waals surface area contributed by atoms with Crippen LogP contribution < -0.4 is 31.9 Å². The van der Waals surface area contributed by atoms with Crippen LogP contribution in [0.1, 0.15) is 95.5 Å². The molecule has 12 aromatic carbocycles. The van der Waals surface area contributed by atoms with Crippen LogP contribution in [0.25, 0.3) is 0 Å². The number of hydrogen-bond donors (Lipinski definition) is 12. The van der Waals surface area contributed by atoms with Crippen molar-refractivity contribution in [1.29, 1.82) is 0 Å². The minimum atomic E-state index is -4.44. The van der Waals surface area contributed by atoms with E-state index in [1.165, 1.54) is 146 Å². The fourth-order valence-electron chi connectivity index (χ4n) is 10.2. The van der Waals surface area contributed by atoms with Crippen molar-refractivity contribution in [3.05, 3.63) is 358 Å². The third-order valence-corrected chi connectivity index (χ3v) is 15.8. The van der Waals surface area contributed by atoms with Crippen molar-refractivity contribution in [3.63, 3.8) is 0 Å². The van der Waals surface area contributed by atoms with E-state index in [2.05, 4.69) is 31.9 Å². The Morgan fingerprint density at radius 2 is 0.292 bits per heavy atom. The van der Waals surface area contributed by atoms with E-state index in [0.29, 0.717) is 0 Å². The Labute approximate surface area is 666 Å². The molecule has 120 heavy (non-hydrogen) atoms. The number of nitrogens with one attached hydrogen (secondary N) is 6. The average Bonchev–Trinajstić information content (AvgIpc) is 0.849. The summed E-state index contributed by atoms with van der Waals surface area (Å²) in [7, 11) is 0. The summed E-state index contributed by atoms with van der Waals surface area (Å²) in [5.41, 5.74) is -2.37. The van der Waals surface area contributed by atoms with Gasteiger partial charge in [-0.15, -0.1) is 0 Å². The number of halogens is 18. The molecule has 0 saturated heterocycles. The summed E-state index contributed by atoms with van der Waals surface area (Å²) in [6.45, 7) is 0. The van der Waals surface area contributed by atoms with E-state index in [-0.39, 0.29) is 102 Å². The van der Waals surface area contributed by atoms with Gasteiger partial charge in [-0.25, -0.2) is 28.8 Å². The first-order chi connectivity index (χ1) is 56.3. The van der Waals surface area contributed by atoms with Gasteiger partial charge in [0.15, 0.2) is 0 Å². The predicted molar refractivity (Wildman–Crippen MR) is 409 cm³/mol. The van der Waals surface area contributed by atoms with E-state index in [1.807, 2.05) is 0 Å². The summed E-state index contributed by atoms with van der Waals surface area (Å²) in [5, 5.41) is 70.2. The molecule has 36 heteroatoms. The van der Waals surface area contributed by atoms with Gasteiger partial charge in [-0.2, -0.15) is 79.0 Å². The van der Waals surface area contributed by atoms with Gasteiger partial charge in [0.2, 0.25) is 0 Å². The van der Waals surface area contributed by atoms with Crippen molar-refractivity contribution in [3.8, 4) is 0 Å². The molecule has 0 fully saturated rings. The summed E-state index contributed by atoms with van der Waals surface area (Å²) >= 11 is 0. The first-order valence-corrected chi connectivity index (χ1v) is 33.9. The zero-order chi connectivity index (χ0) is 88.5. The maximum Gasteiger partial charge on any atom is 0.416 e. The van der Waals surface area contributed by atoms with Crippen molar-refractivity contribution in [2.45, 2.75) is 37.1 Å². The highest BCUT2D eigenvalue weighted by Crippen LogP contribution is 2.39. The molecule has 0 aliphatic heterocycles. The standard InChI is InChI=1S/6C14H10F3NO2/c6*15-14(16,17)9-4-3-5-10(8-9)18-12-7-2-1-6-11(12)13(19)20/h6*1-8,18H,(H,19,20). The summed E-state index contributed by atoms with van der Waals surface area (Å²) in [6.07, 6.45) is -26.6. The minimum absolute atomic E-state index is 0.00934. The molecule has 0 aliphatic carbocycles. The van der Waals surface area contributed by atoms with Crippen LogP contribution in [0.15, 0.2) is 291 Å². The number of alkyl halides is 18. The number of aromatic carboxylic acids is 6. The van der Waals surface area contributed by atoms with Crippen LogP contribution in [0.5, 0.6) is 0 Å². The van der Waals surface area contributed by atoms with Gasteiger partial charge in [-0.1, -0.05) is 109 Å². The van der Waals surface area contributed by atoms with Crippen LogP contribution in [0, 0.1) is 0 Å². The van der Waals surface area contributed by atoms with Crippen molar-refractivity contribution in [2.24, 2.45) is 0 Å². The lowest BCUT2D eigenvalue weighted by Crippen LogP contribution is -2.06. The number of hydrogen-bond acceptors (Lipinski definition) is 12. The number of carboxylic acid groups (broad SMARTS) is 6. The highest BCUT2D eigenvalue weighted by Gasteiger charge is 2.35. The molecular weight excluding hydrogens is 1630 g/mol. The van der Waals surface area contributed by atoms with Crippen molar-refractivity contribution in [2.75, 3.05) is 31.9 Å². The molecule has 0 spiro atoms. The van der Waals surface area contributed by atoms with E-state index >= 15 is 0 Å². The molecule has 0 atom stereocenters.